The number of nitrogens with one attached hydrogen (secondary N) is 1. The largest absolute Gasteiger partial charge is 0.358 e. The number of amides is 1. The summed E-state index contributed by atoms with van der Waals surface area (Å²) < 4.78 is 0. The number of fused-ring (bicyclic) bond motifs is 1. The number of para-hydroxylation sites is 1. The van der Waals surface area contributed by atoms with Gasteiger partial charge in [0.2, 0.25) is 0 Å². The van der Waals surface area contributed by atoms with E-state index in [1.165, 1.54) is 19.3 Å². The van der Waals surface area contributed by atoms with Crippen LogP contribution in [-0.4, -0.2) is 70.2 Å². The average Bonchev–Trinajstić information content (AvgIpc) is 2.88. The third-order valence-electron chi connectivity index (χ3n) is 5.93. The highest BCUT2D eigenvalue weighted by molar-refractivity contribution is 7.99. The van der Waals surface area contributed by atoms with E-state index in [-0.39, 0.29) is 17.7 Å². The average molecular weight is 400 g/mol. The minimum absolute atomic E-state index is 0.118. The summed E-state index contributed by atoms with van der Waals surface area (Å²) in [5.74, 6) is 1.27. The molecule has 150 valence electrons. The minimum Gasteiger partial charge on any atom is -0.358 e. The number of nitrogens with zero attached hydrogens (tertiary/aromatic N) is 2. The molecule has 2 aliphatic rings. The van der Waals surface area contributed by atoms with Gasteiger partial charge in [-0.3, -0.25) is 9.59 Å². The Bertz CT molecular complexity index is 857. The molecule has 4 rings (SSSR count). The van der Waals surface area contributed by atoms with Crippen molar-refractivity contribution in [2.75, 3.05) is 37.7 Å². The van der Waals surface area contributed by atoms with E-state index in [1.54, 1.807) is 0 Å². The van der Waals surface area contributed by atoms with Crippen LogP contribution in [0, 0.1) is 6.92 Å². The zero-order chi connectivity index (χ0) is 19.5. The first-order valence-electron chi connectivity index (χ1n) is 10.4. The Morgan fingerprint density at radius 3 is 2.71 bits per heavy atom. The number of Topliss-reactive ketones (excluding diaryl/α,β-unsaturated/α-hetero) is 1. The lowest BCUT2D eigenvalue weighted by Gasteiger charge is -2.35. The number of rotatable bonds is 4. The lowest BCUT2D eigenvalue weighted by atomic mass is 10.0. The van der Waals surface area contributed by atoms with Crippen molar-refractivity contribution in [2.45, 2.75) is 38.6 Å². The molecule has 1 aromatic heterocycles. The molecule has 2 aromatic rings. The van der Waals surface area contributed by atoms with Crippen molar-refractivity contribution in [1.29, 1.82) is 0 Å². The van der Waals surface area contributed by atoms with Crippen LogP contribution in [0.5, 0.6) is 0 Å². The molecule has 6 heteroatoms. The van der Waals surface area contributed by atoms with Gasteiger partial charge in [0.1, 0.15) is 0 Å². The summed E-state index contributed by atoms with van der Waals surface area (Å²) in [5.41, 5.74) is 2.22. The molecule has 28 heavy (non-hydrogen) atoms. The Hall–Kier alpha value is -1.79. The fraction of sp³-hybridized carbons (Fsp3) is 0.545. The standard InChI is InChI=1S/C22H29N3O2S/c1-16-20(18-8-3-4-9-19(18)23-16)21(26)22(27)25-12-7-13-28-15-17(25)14-24-10-5-2-6-11-24/h3-4,8-9,17,23H,2,5-7,10-15H2,1H3. The molecule has 1 unspecified atom stereocenters. The Labute approximate surface area is 170 Å². The molecule has 1 amide bonds. The van der Waals surface area contributed by atoms with Crippen molar-refractivity contribution >= 4 is 34.4 Å². The van der Waals surface area contributed by atoms with Crippen LogP contribution in [0.1, 0.15) is 41.7 Å². The van der Waals surface area contributed by atoms with Gasteiger partial charge in [0.15, 0.2) is 0 Å². The molecule has 0 spiro atoms. The van der Waals surface area contributed by atoms with Gasteiger partial charge < -0.3 is 14.8 Å². The van der Waals surface area contributed by atoms with Crippen molar-refractivity contribution in [1.82, 2.24) is 14.8 Å². The number of hydrogen-bond acceptors (Lipinski definition) is 4. The van der Waals surface area contributed by atoms with Crippen LogP contribution in [0.2, 0.25) is 0 Å². The van der Waals surface area contributed by atoms with Crippen molar-refractivity contribution in [3.05, 3.63) is 35.5 Å². The number of H-pyrrole nitrogens is 1. The SMILES string of the molecule is Cc1[nH]c2ccccc2c1C(=O)C(=O)N1CCCSCC1CN1CCCCC1. The molecule has 0 aliphatic carbocycles. The van der Waals surface area contributed by atoms with E-state index in [9.17, 15) is 9.59 Å². The quantitative estimate of drug-likeness (QED) is 0.632. The van der Waals surface area contributed by atoms with E-state index in [0.29, 0.717) is 12.1 Å². The zero-order valence-corrected chi connectivity index (χ0v) is 17.4. The summed E-state index contributed by atoms with van der Waals surface area (Å²) >= 11 is 1.91. The molecule has 5 nitrogen and oxygen atoms in total. The molecule has 0 bridgehead atoms. The highest BCUT2D eigenvalue weighted by Crippen LogP contribution is 2.25. The van der Waals surface area contributed by atoms with Crippen molar-refractivity contribution < 1.29 is 9.59 Å². The van der Waals surface area contributed by atoms with Gasteiger partial charge in [0.05, 0.1) is 11.6 Å². The highest BCUT2D eigenvalue weighted by Gasteiger charge is 2.33. The van der Waals surface area contributed by atoms with Crippen LogP contribution >= 0.6 is 11.8 Å². The molecule has 0 saturated carbocycles. The number of carbonyl (C=O) groups is 2. The Balaban J connectivity index is 1.57. The third kappa shape index (κ3) is 3.98. The number of piperidine rings is 1. The van der Waals surface area contributed by atoms with E-state index in [1.807, 2.05) is 47.9 Å². The van der Waals surface area contributed by atoms with E-state index in [4.69, 9.17) is 0 Å². The van der Waals surface area contributed by atoms with Gasteiger partial charge in [0.25, 0.3) is 11.7 Å². The summed E-state index contributed by atoms with van der Waals surface area (Å²) in [6, 6.07) is 7.84. The van der Waals surface area contributed by atoms with E-state index >= 15 is 0 Å². The third-order valence-corrected chi connectivity index (χ3v) is 7.13. The number of carbonyl (C=O) groups excluding carboxylic acids is 2. The zero-order valence-electron chi connectivity index (χ0n) is 16.6. The molecule has 3 heterocycles. The smallest absolute Gasteiger partial charge is 0.295 e. The molecule has 0 radical (unpaired) electrons. The Kier molecular flexibility index (Phi) is 6.07. The second-order valence-electron chi connectivity index (χ2n) is 7.94. The lowest BCUT2D eigenvalue weighted by molar-refractivity contribution is -0.128. The van der Waals surface area contributed by atoms with Crippen LogP contribution in [-0.2, 0) is 4.79 Å². The van der Waals surface area contributed by atoms with Crippen LogP contribution in [0.4, 0.5) is 0 Å². The summed E-state index contributed by atoms with van der Waals surface area (Å²) in [7, 11) is 0. The van der Waals surface area contributed by atoms with Crippen LogP contribution < -0.4 is 0 Å². The predicted molar refractivity (Wildman–Crippen MR) is 115 cm³/mol. The van der Waals surface area contributed by atoms with Crippen LogP contribution in [0.25, 0.3) is 10.9 Å². The maximum Gasteiger partial charge on any atom is 0.295 e. The van der Waals surface area contributed by atoms with Gasteiger partial charge in [-0.25, -0.2) is 0 Å². The molecule has 1 N–H and O–H groups in total. The predicted octanol–water partition coefficient (Wildman–Crippen LogP) is 3.48. The number of likely N-dealkylation sites (tertiary alicyclic amines) is 1. The number of thioether (sulfide) groups is 1. The van der Waals surface area contributed by atoms with Crippen molar-refractivity contribution in [2.24, 2.45) is 0 Å². The van der Waals surface area contributed by atoms with Crippen LogP contribution in [0.15, 0.2) is 24.3 Å². The summed E-state index contributed by atoms with van der Waals surface area (Å²) in [5, 5.41) is 0.843. The van der Waals surface area contributed by atoms with Crippen molar-refractivity contribution in [3.8, 4) is 0 Å². The van der Waals surface area contributed by atoms with Gasteiger partial charge >= 0.3 is 0 Å². The van der Waals surface area contributed by atoms with E-state index in [2.05, 4.69) is 9.88 Å². The van der Waals surface area contributed by atoms with Crippen molar-refractivity contribution in [3.63, 3.8) is 0 Å². The number of benzene rings is 1. The van der Waals surface area contributed by atoms with E-state index < -0.39 is 0 Å². The summed E-state index contributed by atoms with van der Waals surface area (Å²) in [6.45, 7) is 5.66. The van der Waals surface area contributed by atoms with Gasteiger partial charge in [-0.15, -0.1) is 0 Å². The molecular weight excluding hydrogens is 370 g/mol. The van der Waals surface area contributed by atoms with Gasteiger partial charge in [0, 0.05) is 35.4 Å². The number of aryl methyl sites for hydroxylation is 1. The summed E-state index contributed by atoms with van der Waals surface area (Å²) in [6.07, 6.45) is 4.73. The second kappa shape index (κ2) is 8.70. The van der Waals surface area contributed by atoms with Crippen LogP contribution in [0.3, 0.4) is 0 Å². The molecule has 2 aliphatic heterocycles. The first-order valence-corrected chi connectivity index (χ1v) is 11.5. The molecule has 2 fully saturated rings. The fourth-order valence-electron chi connectivity index (χ4n) is 4.49. The van der Waals surface area contributed by atoms with Gasteiger partial charge in [-0.1, -0.05) is 24.6 Å². The molecular formula is C22H29N3O2S. The topological polar surface area (TPSA) is 56.4 Å². The first-order chi connectivity index (χ1) is 13.6. The normalized spacial score (nSPS) is 21.6. The van der Waals surface area contributed by atoms with Gasteiger partial charge in [-0.2, -0.15) is 11.8 Å². The maximum absolute atomic E-state index is 13.3. The number of ketones is 1. The van der Waals surface area contributed by atoms with E-state index in [0.717, 1.165) is 54.2 Å². The number of hydrogen-bond donors (Lipinski definition) is 1. The minimum atomic E-state index is -0.370. The lowest BCUT2D eigenvalue weighted by Crippen LogP contribution is -2.51. The summed E-state index contributed by atoms with van der Waals surface area (Å²) in [4.78, 5) is 34.2. The highest BCUT2D eigenvalue weighted by atomic mass is 32.2. The van der Waals surface area contributed by atoms with Gasteiger partial charge in [-0.05, 0) is 51.1 Å². The molecule has 2 saturated heterocycles. The maximum atomic E-state index is 13.3. The molecule has 1 aromatic carbocycles. The number of aromatic amines is 1. The molecule has 1 atom stereocenters. The Morgan fingerprint density at radius 2 is 1.89 bits per heavy atom. The Morgan fingerprint density at radius 1 is 1.11 bits per heavy atom. The monoisotopic (exact) mass is 399 g/mol. The first kappa shape index (κ1) is 19.5. The fourth-order valence-corrected chi connectivity index (χ4v) is 5.55. The second-order valence-corrected chi connectivity index (χ2v) is 9.09. The number of aromatic nitrogens is 1.